The molecule has 0 aliphatic heterocycles. The molecule has 0 N–H and O–H groups in total. The highest BCUT2D eigenvalue weighted by atomic mass is 16.5. The number of hydrogen-bond donors (Lipinski definition) is 0. The molecule has 0 aliphatic carbocycles. The van der Waals surface area contributed by atoms with Crippen LogP contribution in [-0.4, -0.2) is 34.6 Å². The van der Waals surface area contributed by atoms with Crippen molar-refractivity contribution in [3.63, 3.8) is 0 Å². The van der Waals surface area contributed by atoms with E-state index in [1.807, 2.05) is 24.3 Å². The van der Waals surface area contributed by atoms with E-state index in [1.165, 1.54) is 17.5 Å². The van der Waals surface area contributed by atoms with E-state index in [4.69, 9.17) is 9.15 Å². The van der Waals surface area contributed by atoms with Gasteiger partial charge in [0.15, 0.2) is 0 Å². The molecular formula is C31H31N3O2. The van der Waals surface area contributed by atoms with E-state index in [0.29, 0.717) is 11.6 Å². The normalized spacial score (nSPS) is 12.2. The van der Waals surface area contributed by atoms with Crippen molar-refractivity contribution in [1.29, 1.82) is 0 Å². The highest BCUT2D eigenvalue weighted by molar-refractivity contribution is 6.03. The Hall–Kier alpha value is -3.96. The Balaban J connectivity index is 1.50. The van der Waals surface area contributed by atoms with Gasteiger partial charge in [0, 0.05) is 24.2 Å². The second-order valence-corrected chi connectivity index (χ2v) is 9.19. The molecule has 3 aromatic carbocycles. The first-order valence-electron chi connectivity index (χ1n) is 12.4. The van der Waals surface area contributed by atoms with E-state index >= 15 is 0 Å². The molecule has 5 nitrogen and oxygen atoms in total. The first kappa shape index (κ1) is 23.8. The van der Waals surface area contributed by atoms with E-state index in [0.717, 1.165) is 47.3 Å². The van der Waals surface area contributed by atoms with Crippen LogP contribution < -0.4 is 4.74 Å². The number of likely N-dealkylation sites (N-methyl/N-ethyl adjacent to an activating group) is 1. The second-order valence-electron chi connectivity index (χ2n) is 9.19. The highest BCUT2D eigenvalue weighted by Crippen LogP contribution is 2.43. The number of nitrogens with zero attached hydrogens (tertiary/aromatic N) is 3. The third-order valence-electron chi connectivity index (χ3n) is 6.32. The lowest BCUT2D eigenvalue weighted by Crippen LogP contribution is -2.30. The molecule has 0 bridgehead atoms. The fourth-order valence-corrected chi connectivity index (χ4v) is 4.60. The fourth-order valence-electron chi connectivity index (χ4n) is 4.60. The summed E-state index contributed by atoms with van der Waals surface area (Å²) in [4.78, 5) is 11.3. The van der Waals surface area contributed by atoms with Gasteiger partial charge in [-0.15, -0.1) is 0 Å². The lowest BCUT2D eigenvalue weighted by atomic mass is 9.98. The van der Waals surface area contributed by atoms with Crippen molar-refractivity contribution >= 4 is 11.1 Å². The molecule has 0 spiro atoms. The van der Waals surface area contributed by atoms with Crippen LogP contribution >= 0.6 is 0 Å². The Bertz CT molecular complexity index is 1410. The predicted octanol–water partition coefficient (Wildman–Crippen LogP) is 7.02. The molecule has 182 valence electrons. The number of furan rings is 1. The lowest BCUT2D eigenvalue weighted by Gasteiger charge is -2.22. The van der Waals surface area contributed by atoms with Gasteiger partial charge in [-0.25, -0.2) is 9.97 Å². The largest absolute Gasteiger partial charge is 0.473 e. The van der Waals surface area contributed by atoms with Crippen molar-refractivity contribution in [2.45, 2.75) is 32.9 Å². The number of aryl methyl sites for hydroxylation is 1. The van der Waals surface area contributed by atoms with Gasteiger partial charge in [0.2, 0.25) is 11.6 Å². The van der Waals surface area contributed by atoms with E-state index < -0.39 is 0 Å². The Morgan fingerprint density at radius 2 is 1.53 bits per heavy atom. The molecule has 0 fully saturated rings. The van der Waals surface area contributed by atoms with Crippen molar-refractivity contribution < 1.29 is 9.15 Å². The van der Waals surface area contributed by atoms with Crippen molar-refractivity contribution in [2.75, 3.05) is 13.6 Å². The molecule has 5 rings (SSSR count). The molecular weight excluding hydrogens is 446 g/mol. The monoisotopic (exact) mass is 477 g/mol. The van der Waals surface area contributed by atoms with Crippen LogP contribution in [0, 0.1) is 0 Å². The third-order valence-corrected chi connectivity index (χ3v) is 6.32. The minimum atomic E-state index is -0.0813. The number of ether oxygens (including phenoxy) is 1. The summed E-state index contributed by atoms with van der Waals surface area (Å²) >= 11 is 0. The van der Waals surface area contributed by atoms with Gasteiger partial charge in [0.25, 0.3) is 0 Å². The van der Waals surface area contributed by atoms with Gasteiger partial charge < -0.3 is 9.15 Å². The molecule has 0 saturated carbocycles. The Labute approximate surface area is 212 Å². The van der Waals surface area contributed by atoms with Gasteiger partial charge in [0.1, 0.15) is 23.6 Å². The standard InChI is InChI=1S/C31H31N3O2/c1-4-23-15-17-25(18-16-23)27-28-30(35-22(2)19-34(3)20-24-11-7-5-8-12-24)32-21-33-31(28)36-29(27)26-13-9-6-10-14-26/h5-18,21-22H,4,19-20H2,1-3H3/t22-/m1/s1. The maximum Gasteiger partial charge on any atom is 0.234 e. The Morgan fingerprint density at radius 3 is 2.22 bits per heavy atom. The Morgan fingerprint density at radius 1 is 0.833 bits per heavy atom. The smallest absolute Gasteiger partial charge is 0.234 e. The Kier molecular flexibility index (Phi) is 7.10. The summed E-state index contributed by atoms with van der Waals surface area (Å²) < 4.78 is 12.8. The highest BCUT2D eigenvalue weighted by Gasteiger charge is 2.24. The van der Waals surface area contributed by atoms with Crippen LogP contribution in [0.2, 0.25) is 0 Å². The molecule has 0 radical (unpaired) electrons. The van der Waals surface area contributed by atoms with Gasteiger partial charge in [-0.05, 0) is 37.1 Å². The van der Waals surface area contributed by atoms with Crippen LogP contribution in [0.25, 0.3) is 33.6 Å². The van der Waals surface area contributed by atoms with Gasteiger partial charge in [-0.3, -0.25) is 4.90 Å². The maximum absolute atomic E-state index is 6.44. The molecule has 0 saturated heterocycles. The number of fused-ring (bicyclic) bond motifs is 1. The molecule has 2 heterocycles. The van der Waals surface area contributed by atoms with Crippen molar-refractivity contribution in [3.8, 4) is 28.3 Å². The molecule has 0 unspecified atom stereocenters. The number of aromatic nitrogens is 2. The predicted molar refractivity (Wildman–Crippen MR) is 145 cm³/mol. The summed E-state index contributed by atoms with van der Waals surface area (Å²) in [5.41, 5.74) is 6.09. The SMILES string of the molecule is CCc1ccc(-c2c(-c3ccccc3)oc3ncnc(O[C@H](C)CN(C)Cc4ccccc4)c23)cc1. The van der Waals surface area contributed by atoms with Crippen molar-refractivity contribution in [1.82, 2.24) is 14.9 Å². The average molecular weight is 478 g/mol. The summed E-state index contributed by atoms with van der Waals surface area (Å²) in [6.07, 6.45) is 2.42. The molecule has 5 heteroatoms. The van der Waals surface area contributed by atoms with E-state index in [1.54, 1.807) is 0 Å². The van der Waals surface area contributed by atoms with Gasteiger partial charge in [0.05, 0.1) is 0 Å². The summed E-state index contributed by atoms with van der Waals surface area (Å²) in [7, 11) is 2.11. The van der Waals surface area contributed by atoms with Crippen LogP contribution in [-0.2, 0) is 13.0 Å². The van der Waals surface area contributed by atoms with Crippen LogP contribution in [0.3, 0.4) is 0 Å². The average Bonchev–Trinajstić information content (AvgIpc) is 3.30. The zero-order valence-electron chi connectivity index (χ0n) is 21.0. The second kappa shape index (κ2) is 10.8. The summed E-state index contributed by atoms with van der Waals surface area (Å²) in [6, 6.07) is 29.2. The van der Waals surface area contributed by atoms with Crippen molar-refractivity contribution in [3.05, 3.63) is 102 Å². The van der Waals surface area contributed by atoms with Gasteiger partial charge in [-0.2, -0.15) is 0 Å². The number of rotatable bonds is 9. The third kappa shape index (κ3) is 5.16. The van der Waals surface area contributed by atoms with Gasteiger partial charge in [-0.1, -0.05) is 91.9 Å². The summed E-state index contributed by atoms with van der Waals surface area (Å²) in [5.74, 6) is 1.31. The van der Waals surface area contributed by atoms with E-state index in [2.05, 4.69) is 96.4 Å². The summed E-state index contributed by atoms with van der Waals surface area (Å²) in [6.45, 7) is 5.84. The lowest BCUT2D eigenvalue weighted by molar-refractivity contribution is 0.155. The van der Waals surface area contributed by atoms with E-state index in [9.17, 15) is 0 Å². The molecule has 0 aliphatic rings. The van der Waals surface area contributed by atoms with Crippen LogP contribution in [0.1, 0.15) is 25.0 Å². The first-order valence-corrected chi connectivity index (χ1v) is 12.4. The number of hydrogen-bond acceptors (Lipinski definition) is 5. The van der Waals surface area contributed by atoms with Crippen molar-refractivity contribution in [2.24, 2.45) is 0 Å². The summed E-state index contributed by atoms with van der Waals surface area (Å²) in [5, 5.41) is 0.804. The van der Waals surface area contributed by atoms with Crippen LogP contribution in [0.4, 0.5) is 0 Å². The molecule has 2 aromatic heterocycles. The minimum Gasteiger partial charge on any atom is -0.473 e. The van der Waals surface area contributed by atoms with Crippen LogP contribution in [0.15, 0.2) is 95.7 Å². The van der Waals surface area contributed by atoms with Gasteiger partial charge >= 0.3 is 0 Å². The van der Waals surface area contributed by atoms with Crippen LogP contribution in [0.5, 0.6) is 5.88 Å². The first-order chi connectivity index (χ1) is 17.6. The maximum atomic E-state index is 6.44. The number of benzene rings is 3. The van der Waals surface area contributed by atoms with E-state index in [-0.39, 0.29) is 6.10 Å². The topological polar surface area (TPSA) is 51.4 Å². The zero-order valence-corrected chi connectivity index (χ0v) is 21.0. The zero-order chi connectivity index (χ0) is 24.9. The molecule has 5 aromatic rings. The minimum absolute atomic E-state index is 0.0813. The molecule has 1 atom stereocenters. The quantitative estimate of drug-likeness (QED) is 0.228. The molecule has 0 amide bonds. The molecule has 36 heavy (non-hydrogen) atoms. The fraction of sp³-hybridized carbons (Fsp3) is 0.226.